The van der Waals surface area contributed by atoms with Gasteiger partial charge in [-0.2, -0.15) is 4.31 Å². The quantitative estimate of drug-likeness (QED) is 0.348. The number of hydrogen-bond donors (Lipinski definition) is 1. The number of carboxylic acid groups (broad SMARTS) is 1. The third-order valence-corrected chi connectivity index (χ3v) is 7.89. The summed E-state index contributed by atoms with van der Waals surface area (Å²) in [4.78, 5) is 11.4. The zero-order valence-corrected chi connectivity index (χ0v) is 21.8. The van der Waals surface area contributed by atoms with E-state index in [-0.39, 0.29) is 21.6 Å². The highest BCUT2D eigenvalue weighted by molar-refractivity contribution is 7.89. The summed E-state index contributed by atoms with van der Waals surface area (Å²) in [7, 11) is -4.38. The largest absolute Gasteiger partial charge is 0.573 e. The molecule has 0 amide bonds. The van der Waals surface area contributed by atoms with Crippen LogP contribution in [0.1, 0.15) is 31.4 Å². The lowest BCUT2D eigenvalue weighted by molar-refractivity contribution is -0.274. The molecule has 39 heavy (non-hydrogen) atoms. The van der Waals surface area contributed by atoms with Crippen LogP contribution in [0.2, 0.25) is 0 Å². The number of aryl methyl sites for hydroxylation is 1. The molecule has 0 saturated carbocycles. The van der Waals surface area contributed by atoms with E-state index in [0.717, 1.165) is 18.2 Å². The van der Waals surface area contributed by atoms with Crippen LogP contribution in [-0.4, -0.2) is 42.3 Å². The molecular weight excluding hydrogens is 542 g/mol. The summed E-state index contributed by atoms with van der Waals surface area (Å²) >= 11 is 0. The smallest absolute Gasteiger partial charge is 0.488 e. The lowest BCUT2D eigenvalue weighted by Gasteiger charge is -2.33. The fourth-order valence-corrected chi connectivity index (χ4v) is 5.77. The van der Waals surface area contributed by atoms with Crippen molar-refractivity contribution in [2.24, 2.45) is 0 Å². The highest BCUT2D eigenvalue weighted by Gasteiger charge is 2.33. The van der Waals surface area contributed by atoms with Crippen LogP contribution in [-0.2, 0) is 27.8 Å². The Balaban J connectivity index is 1.69. The Bertz CT molecular complexity index is 1500. The Morgan fingerprint density at radius 2 is 1.82 bits per heavy atom. The zero-order chi connectivity index (χ0) is 28.6. The van der Waals surface area contributed by atoms with E-state index in [4.69, 9.17) is 4.74 Å². The number of carboxylic acids is 1. The van der Waals surface area contributed by atoms with Crippen LogP contribution in [0.15, 0.2) is 65.6 Å². The maximum absolute atomic E-state index is 14.6. The fourth-order valence-electron chi connectivity index (χ4n) is 4.34. The summed E-state index contributed by atoms with van der Waals surface area (Å²) < 4.78 is 90.9. The first kappa shape index (κ1) is 28.4. The third kappa shape index (κ3) is 6.87. The third-order valence-electron chi connectivity index (χ3n) is 6.10. The molecule has 1 aliphatic rings. The number of ether oxygens (including phenoxy) is 2. The van der Waals surface area contributed by atoms with E-state index >= 15 is 0 Å². The van der Waals surface area contributed by atoms with Gasteiger partial charge >= 0.3 is 12.3 Å². The van der Waals surface area contributed by atoms with E-state index in [1.165, 1.54) is 42.5 Å². The number of carbonyl (C=O) groups is 1. The van der Waals surface area contributed by atoms with Crippen molar-refractivity contribution >= 4 is 16.0 Å². The first-order valence-corrected chi connectivity index (χ1v) is 13.3. The number of halogens is 4. The van der Waals surface area contributed by atoms with Gasteiger partial charge in [-0.05, 0) is 85.8 Å². The minimum Gasteiger partial charge on any atom is -0.488 e. The SMILES string of the molecule is CC1(C)CCc2cc(S(=O)(=O)N(CC(=O)O)Cc3cc(F)cc(-c4ccccc4OC(F)(F)F)c3)ccc2O1. The Morgan fingerprint density at radius 3 is 2.51 bits per heavy atom. The van der Waals surface area contributed by atoms with Gasteiger partial charge in [0.15, 0.2) is 0 Å². The molecule has 0 unspecified atom stereocenters. The molecule has 208 valence electrons. The molecule has 1 aliphatic heterocycles. The maximum Gasteiger partial charge on any atom is 0.573 e. The molecule has 0 aliphatic carbocycles. The van der Waals surface area contributed by atoms with Gasteiger partial charge in [0.25, 0.3) is 0 Å². The van der Waals surface area contributed by atoms with Crippen molar-refractivity contribution in [2.45, 2.75) is 50.1 Å². The topological polar surface area (TPSA) is 93.1 Å². The van der Waals surface area contributed by atoms with Gasteiger partial charge in [-0.1, -0.05) is 18.2 Å². The standard InChI is InChI=1S/C27H25F4NO6S/c1-26(2)10-9-18-14-21(7-8-23(18)37-26)39(35,36)32(16-25(33)34)15-17-11-19(13-20(28)12-17)22-5-3-4-6-24(22)38-27(29,30)31/h3-8,11-14H,9-10,15-16H2,1-2H3,(H,33,34). The summed E-state index contributed by atoms with van der Waals surface area (Å²) in [5.74, 6) is -2.34. The Hall–Kier alpha value is -3.64. The van der Waals surface area contributed by atoms with Gasteiger partial charge in [0.1, 0.15) is 29.5 Å². The van der Waals surface area contributed by atoms with Gasteiger partial charge in [0.2, 0.25) is 10.0 Å². The van der Waals surface area contributed by atoms with Crippen LogP contribution < -0.4 is 9.47 Å². The summed E-state index contributed by atoms with van der Waals surface area (Å²) in [6.45, 7) is 2.34. The van der Waals surface area contributed by atoms with E-state index in [9.17, 15) is 35.9 Å². The molecule has 0 bridgehead atoms. The first-order valence-electron chi connectivity index (χ1n) is 11.8. The van der Waals surface area contributed by atoms with Gasteiger partial charge in [-0.3, -0.25) is 4.79 Å². The van der Waals surface area contributed by atoms with E-state index in [2.05, 4.69) is 4.74 Å². The van der Waals surface area contributed by atoms with Crippen molar-refractivity contribution < 1.29 is 45.4 Å². The average molecular weight is 568 g/mol. The molecule has 1 N–H and O–H groups in total. The molecule has 0 radical (unpaired) electrons. The predicted molar refractivity (Wildman–Crippen MR) is 133 cm³/mol. The van der Waals surface area contributed by atoms with Crippen LogP contribution in [0.3, 0.4) is 0 Å². The summed E-state index contributed by atoms with van der Waals surface area (Å²) in [6.07, 6.45) is -3.79. The van der Waals surface area contributed by atoms with Gasteiger partial charge in [0.05, 0.1) is 4.90 Å². The van der Waals surface area contributed by atoms with Crippen molar-refractivity contribution in [3.8, 4) is 22.6 Å². The van der Waals surface area contributed by atoms with E-state index in [1.54, 1.807) is 0 Å². The predicted octanol–water partition coefficient (Wildman–Crippen LogP) is 5.77. The molecule has 7 nitrogen and oxygen atoms in total. The highest BCUT2D eigenvalue weighted by atomic mass is 32.2. The molecule has 12 heteroatoms. The molecule has 0 spiro atoms. The van der Waals surface area contributed by atoms with Crippen LogP contribution in [0.4, 0.5) is 17.6 Å². The molecular formula is C27H25F4NO6S. The molecule has 0 saturated heterocycles. The Labute approximate surface area is 222 Å². The molecule has 0 atom stereocenters. The van der Waals surface area contributed by atoms with Gasteiger partial charge in [-0.25, -0.2) is 12.8 Å². The van der Waals surface area contributed by atoms with Gasteiger partial charge in [0, 0.05) is 12.1 Å². The Kier molecular flexibility index (Phi) is 7.63. The number of hydrogen-bond acceptors (Lipinski definition) is 5. The molecule has 3 aromatic carbocycles. The minimum atomic E-state index is -4.99. The number of alkyl halides is 3. The van der Waals surface area contributed by atoms with Crippen molar-refractivity contribution in [1.29, 1.82) is 0 Å². The van der Waals surface area contributed by atoms with Crippen molar-refractivity contribution in [2.75, 3.05) is 6.54 Å². The molecule has 0 aromatic heterocycles. The van der Waals surface area contributed by atoms with Crippen molar-refractivity contribution in [3.05, 3.63) is 77.6 Å². The summed E-state index contributed by atoms with van der Waals surface area (Å²) in [6, 6.07) is 12.6. The van der Waals surface area contributed by atoms with E-state index in [0.29, 0.717) is 28.5 Å². The van der Waals surface area contributed by atoms with Crippen LogP contribution in [0, 0.1) is 5.82 Å². The van der Waals surface area contributed by atoms with E-state index < -0.39 is 52.6 Å². The second-order valence-corrected chi connectivity index (χ2v) is 11.6. The first-order chi connectivity index (χ1) is 18.1. The zero-order valence-electron chi connectivity index (χ0n) is 21.0. The number of sulfonamides is 1. The molecule has 1 heterocycles. The number of aliphatic carboxylic acids is 1. The van der Waals surface area contributed by atoms with Crippen molar-refractivity contribution in [3.63, 3.8) is 0 Å². The number of fused-ring (bicyclic) bond motifs is 1. The van der Waals surface area contributed by atoms with Gasteiger partial charge < -0.3 is 14.6 Å². The molecule has 0 fully saturated rings. The minimum absolute atomic E-state index is 0.00827. The second kappa shape index (κ2) is 10.5. The van der Waals surface area contributed by atoms with Gasteiger partial charge in [-0.15, -0.1) is 13.2 Å². The monoisotopic (exact) mass is 567 g/mol. The molecule has 4 rings (SSSR count). The fraction of sp³-hybridized carbons (Fsp3) is 0.296. The van der Waals surface area contributed by atoms with E-state index in [1.807, 2.05) is 13.8 Å². The van der Waals surface area contributed by atoms with Crippen molar-refractivity contribution in [1.82, 2.24) is 4.31 Å². The summed E-state index contributed by atoms with van der Waals surface area (Å²) in [5, 5.41) is 9.43. The van der Waals surface area contributed by atoms with Crippen LogP contribution in [0.5, 0.6) is 11.5 Å². The average Bonchev–Trinajstić information content (AvgIpc) is 2.81. The molecule has 3 aromatic rings. The number of nitrogens with zero attached hydrogens (tertiary/aromatic N) is 1. The maximum atomic E-state index is 14.6. The second-order valence-electron chi connectivity index (χ2n) is 9.69. The van der Waals surface area contributed by atoms with Crippen LogP contribution in [0.25, 0.3) is 11.1 Å². The highest BCUT2D eigenvalue weighted by Crippen LogP contribution is 2.36. The number of benzene rings is 3. The lowest BCUT2D eigenvalue weighted by Crippen LogP contribution is -2.36. The number of para-hydroxylation sites is 1. The number of rotatable bonds is 8. The normalized spacial score (nSPS) is 14.9. The lowest BCUT2D eigenvalue weighted by atomic mass is 9.94. The van der Waals surface area contributed by atoms with Crippen LogP contribution >= 0.6 is 0 Å². The summed E-state index contributed by atoms with van der Waals surface area (Å²) in [5.41, 5.74) is 0.174. The Morgan fingerprint density at radius 1 is 1.10 bits per heavy atom.